The second-order valence-corrected chi connectivity index (χ2v) is 3.70. The van der Waals surface area contributed by atoms with Crippen molar-refractivity contribution in [2.75, 3.05) is 32.2 Å². The van der Waals surface area contributed by atoms with Gasteiger partial charge in [0.1, 0.15) is 0 Å². The van der Waals surface area contributed by atoms with Crippen molar-refractivity contribution < 1.29 is 15.1 Å². The lowest BCUT2D eigenvalue weighted by molar-refractivity contribution is 0.0694. The number of nitrogens with two attached hydrogens (primary N) is 1. The van der Waals surface area contributed by atoms with Crippen LogP contribution in [0.4, 0.5) is 5.82 Å². The second kappa shape index (κ2) is 6.72. The number of anilines is 1. The molecule has 0 fully saturated rings. The monoisotopic (exact) mass is 255 g/mol. The van der Waals surface area contributed by atoms with Crippen LogP contribution in [0, 0.1) is 0 Å². The summed E-state index contributed by atoms with van der Waals surface area (Å²) in [5, 5.41) is 21.2. The number of aliphatic hydroxyl groups is 1. The van der Waals surface area contributed by atoms with E-state index < -0.39 is 6.10 Å². The van der Waals surface area contributed by atoms with E-state index in [4.69, 9.17) is 15.7 Å². The summed E-state index contributed by atoms with van der Waals surface area (Å²) in [5.74, 6) is 0.286. The van der Waals surface area contributed by atoms with Gasteiger partial charge >= 0.3 is 0 Å². The summed E-state index contributed by atoms with van der Waals surface area (Å²) in [6, 6.07) is 0. The highest BCUT2D eigenvalue weighted by atomic mass is 16.5. The van der Waals surface area contributed by atoms with E-state index in [1.807, 2.05) is 0 Å². The number of rotatable bonds is 6. The smallest absolute Gasteiger partial charge is 0.192 e. The zero-order chi connectivity index (χ0) is 13.5. The van der Waals surface area contributed by atoms with Gasteiger partial charge in [-0.1, -0.05) is 5.16 Å². The molecule has 0 aliphatic rings. The second-order valence-electron chi connectivity index (χ2n) is 3.70. The SMILES string of the molecule is COCC(O)CN(C)c1nccnc1C(N)=NO. The number of amidine groups is 1. The first-order valence-electron chi connectivity index (χ1n) is 5.27. The van der Waals surface area contributed by atoms with E-state index in [9.17, 15) is 5.11 Å². The molecular formula is C10H17N5O3. The van der Waals surface area contributed by atoms with Gasteiger partial charge < -0.3 is 25.7 Å². The van der Waals surface area contributed by atoms with Gasteiger partial charge in [-0.2, -0.15) is 0 Å². The number of oxime groups is 1. The number of methoxy groups -OCH3 is 1. The Labute approximate surface area is 105 Å². The molecule has 100 valence electrons. The van der Waals surface area contributed by atoms with Crippen LogP contribution in [-0.4, -0.2) is 59.5 Å². The van der Waals surface area contributed by atoms with Crippen molar-refractivity contribution in [2.24, 2.45) is 10.9 Å². The first kappa shape index (κ1) is 14.1. The molecule has 8 nitrogen and oxygen atoms in total. The Balaban J connectivity index is 2.88. The number of aromatic nitrogens is 2. The highest BCUT2D eigenvalue weighted by Gasteiger charge is 2.16. The van der Waals surface area contributed by atoms with Gasteiger partial charge in [0.15, 0.2) is 17.3 Å². The summed E-state index contributed by atoms with van der Waals surface area (Å²) in [4.78, 5) is 9.75. The molecule has 1 atom stereocenters. The van der Waals surface area contributed by atoms with Gasteiger partial charge in [0.2, 0.25) is 0 Å². The van der Waals surface area contributed by atoms with Crippen LogP contribution in [0.15, 0.2) is 17.5 Å². The molecule has 1 unspecified atom stereocenters. The minimum atomic E-state index is -0.665. The fourth-order valence-electron chi connectivity index (χ4n) is 1.49. The van der Waals surface area contributed by atoms with Crippen LogP contribution in [0.5, 0.6) is 0 Å². The highest BCUT2D eigenvalue weighted by molar-refractivity contribution is 5.99. The molecule has 0 aromatic carbocycles. The van der Waals surface area contributed by atoms with Gasteiger partial charge in [-0.25, -0.2) is 9.97 Å². The molecule has 8 heteroatoms. The molecule has 0 spiro atoms. The quantitative estimate of drug-likeness (QED) is 0.259. The summed E-state index contributed by atoms with van der Waals surface area (Å²) < 4.78 is 4.84. The van der Waals surface area contributed by atoms with Crippen LogP contribution in [0.25, 0.3) is 0 Å². The van der Waals surface area contributed by atoms with Crippen molar-refractivity contribution >= 4 is 11.7 Å². The third kappa shape index (κ3) is 3.54. The van der Waals surface area contributed by atoms with Crippen molar-refractivity contribution in [2.45, 2.75) is 6.10 Å². The molecule has 1 heterocycles. The molecule has 18 heavy (non-hydrogen) atoms. The third-order valence-electron chi connectivity index (χ3n) is 2.23. The standard InChI is InChI=1S/C10H17N5O3/c1-15(5-7(16)6-18-2)10-8(9(11)14-17)12-3-4-13-10/h3-4,7,16-17H,5-6H2,1-2H3,(H2,11,14). The maximum absolute atomic E-state index is 9.64. The molecule has 4 N–H and O–H groups in total. The van der Waals surface area contributed by atoms with E-state index in [-0.39, 0.29) is 24.7 Å². The number of nitrogens with zero attached hydrogens (tertiary/aromatic N) is 4. The highest BCUT2D eigenvalue weighted by Crippen LogP contribution is 2.13. The van der Waals surface area contributed by atoms with Crippen molar-refractivity contribution in [3.8, 4) is 0 Å². The van der Waals surface area contributed by atoms with Crippen LogP contribution < -0.4 is 10.6 Å². The zero-order valence-electron chi connectivity index (χ0n) is 10.3. The fraction of sp³-hybridized carbons (Fsp3) is 0.500. The van der Waals surface area contributed by atoms with Crippen LogP contribution in [0.2, 0.25) is 0 Å². The van der Waals surface area contributed by atoms with E-state index in [1.165, 1.54) is 19.5 Å². The normalized spacial score (nSPS) is 13.4. The molecule has 1 rings (SSSR count). The van der Waals surface area contributed by atoms with Crippen LogP contribution in [0.3, 0.4) is 0 Å². The summed E-state index contributed by atoms with van der Waals surface area (Å²) in [6.07, 6.45) is 2.26. The van der Waals surface area contributed by atoms with E-state index in [1.54, 1.807) is 11.9 Å². The number of hydrogen-bond acceptors (Lipinski definition) is 7. The lowest BCUT2D eigenvalue weighted by Crippen LogP contribution is -2.34. The largest absolute Gasteiger partial charge is 0.409 e. The van der Waals surface area contributed by atoms with E-state index in [0.29, 0.717) is 5.82 Å². The third-order valence-corrected chi connectivity index (χ3v) is 2.23. The van der Waals surface area contributed by atoms with Crippen molar-refractivity contribution in [3.63, 3.8) is 0 Å². The first-order chi connectivity index (χ1) is 8.60. The summed E-state index contributed by atoms with van der Waals surface area (Å²) in [7, 11) is 3.23. The molecule has 0 saturated heterocycles. The summed E-state index contributed by atoms with van der Waals surface area (Å²) in [6.45, 7) is 0.502. The maximum Gasteiger partial charge on any atom is 0.192 e. The molecule has 0 amide bonds. The molecular weight excluding hydrogens is 238 g/mol. The molecule has 0 saturated carbocycles. The van der Waals surface area contributed by atoms with Crippen LogP contribution in [-0.2, 0) is 4.74 Å². The number of likely N-dealkylation sites (N-methyl/N-ethyl adjacent to an activating group) is 1. The molecule has 1 aromatic heterocycles. The lowest BCUT2D eigenvalue weighted by atomic mass is 10.3. The number of ether oxygens (including phenoxy) is 1. The fourth-order valence-corrected chi connectivity index (χ4v) is 1.49. The van der Waals surface area contributed by atoms with Gasteiger partial charge in [-0.15, -0.1) is 0 Å². The summed E-state index contributed by atoms with van der Waals surface area (Å²) in [5.41, 5.74) is 5.76. The summed E-state index contributed by atoms with van der Waals surface area (Å²) >= 11 is 0. The van der Waals surface area contributed by atoms with Gasteiger partial charge in [-0.05, 0) is 0 Å². The van der Waals surface area contributed by atoms with Crippen molar-refractivity contribution in [1.29, 1.82) is 0 Å². The first-order valence-corrected chi connectivity index (χ1v) is 5.27. The van der Waals surface area contributed by atoms with Gasteiger partial charge in [-0.3, -0.25) is 0 Å². The Morgan fingerprint density at radius 2 is 2.22 bits per heavy atom. The van der Waals surface area contributed by atoms with E-state index in [0.717, 1.165) is 0 Å². The van der Waals surface area contributed by atoms with Crippen LogP contribution >= 0.6 is 0 Å². The Kier molecular flexibility index (Phi) is 5.28. The molecule has 1 aromatic rings. The molecule has 0 radical (unpaired) electrons. The number of hydrogen-bond donors (Lipinski definition) is 3. The Bertz CT molecular complexity index is 412. The zero-order valence-corrected chi connectivity index (χ0v) is 10.3. The predicted octanol–water partition coefficient (Wildman–Crippen LogP) is -0.985. The Morgan fingerprint density at radius 1 is 1.56 bits per heavy atom. The Hall–Kier alpha value is -1.93. The molecule has 0 aliphatic heterocycles. The lowest BCUT2D eigenvalue weighted by Gasteiger charge is -2.22. The average molecular weight is 255 g/mol. The van der Waals surface area contributed by atoms with E-state index in [2.05, 4.69) is 15.1 Å². The predicted molar refractivity (Wildman–Crippen MR) is 65.7 cm³/mol. The average Bonchev–Trinajstić information content (AvgIpc) is 2.38. The van der Waals surface area contributed by atoms with Gasteiger partial charge in [0.05, 0.1) is 12.7 Å². The van der Waals surface area contributed by atoms with E-state index >= 15 is 0 Å². The maximum atomic E-state index is 9.64. The molecule has 0 aliphatic carbocycles. The topological polar surface area (TPSA) is 117 Å². The van der Waals surface area contributed by atoms with Crippen molar-refractivity contribution in [1.82, 2.24) is 9.97 Å². The minimum Gasteiger partial charge on any atom is -0.409 e. The Morgan fingerprint density at radius 3 is 2.83 bits per heavy atom. The van der Waals surface area contributed by atoms with Gasteiger partial charge in [0, 0.05) is 33.1 Å². The van der Waals surface area contributed by atoms with Gasteiger partial charge in [0.25, 0.3) is 0 Å². The van der Waals surface area contributed by atoms with Crippen molar-refractivity contribution in [3.05, 3.63) is 18.1 Å². The molecule has 0 bridgehead atoms. The number of aliphatic hydroxyl groups excluding tert-OH is 1. The minimum absolute atomic E-state index is 0.133. The van der Waals surface area contributed by atoms with Crippen LogP contribution in [0.1, 0.15) is 5.69 Å².